The molecule has 1 atom stereocenters. The Morgan fingerprint density at radius 1 is 1.22 bits per heavy atom. The van der Waals surface area contributed by atoms with Crippen molar-refractivity contribution in [3.05, 3.63) is 41.4 Å². The third kappa shape index (κ3) is 4.72. The van der Waals surface area contributed by atoms with Crippen LogP contribution in [-0.2, 0) is 19.4 Å². The molecular formula is C19H22ClNO5S. The highest BCUT2D eigenvalue weighted by molar-refractivity contribution is 7.91. The summed E-state index contributed by atoms with van der Waals surface area (Å²) in [6, 6.07) is 10.7. The first-order valence-corrected chi connectivity index (χ1v) is 10.9. The number of hydrogen-bond donors (Lipinski definition) is 0. The second-order valence-electron chi connectivity index (χ2n) is 6.52. The monoisotopic (exact) mass is 411 g/mol. The zero-order valence-corrected chi connectivity index (χ0v) is 16.6. The molecule has 0 saturated carbocycles. The van der Waals surface area contributed by atoms with Gasteiger partial charge in [-0.05, 0) is 18.6 Å². The van der Waals surface area contributed by atoms with Crippen molar-refractivity contribution in [1.29, 1.82) is 0 Å². The predicted molar refractivity (Wildman–Crippen MR) is 105 cm³/mol. The maximum Gasteiger partial charge on any atom is 0.260 e. The fraction of sp³-hybridized carbons (Fsp3) is 0.421. The summed E-state index contributed by atoms with van der Waals surface area (Å²) in [5, 5.41) is 2.29. The Morgan fingerprint density at radius 2 is 1.96 bits per heavy atom. The van der Waals surface area contributed by atoms with Crippen LogP contribution in [0.25, 0.3) is 10.8 Å². The van der Waals surface area contributed by atoms with E-state index >= 15 is 0 Å². The highest BCUT2D eigenvalue weighted by atomic mass is 35.5. The smallest absolute Gasteiger partial charge is 0.260 e. The van der Waals surface area contributed by atoms with Crippen molar-refractivity contribution >= 4 is 38.1 Å². The van der Waals surface area contributed by atoms with Gasteiger partial charge in [0.15, 0.2) is 16.4 Å². The molecule has 0 bridgehead atoms. The molecule has 146 valence electrons. The number of sulfone groups is 1. The number of amides is 1. The molecule has 2 aromatic carbocycles. The topological polar surface area (TPSA) is 72.9 Å². The van der Waals surface area contributed by atoms with Gasteiger partial charge in [0.25, 0.3) is 5.91 Å². The van der Waals surface area contributed by atoms with E-state index in [0.29, 0.717) is 30.3 Å². The molecule has 0 spiro atoms. The molecule has 8 heteroatoms. The Kier molecular flexibility index (Phi) is 6.24. The number of nitrogens with zero attached hydrogens (tertiary/aromatic N) is 1. The van der Waals surface area contributed by atoms with Crippen molar-refractivity contribution < 1.29 is 22.7 Å². The Bertz CT molecular complexity index is 931. The molecular weight excluding hydrogens is 390 g/mol. The lowest BCUT2D eigenvalue weighted by Gasteiger charge is -2.28. The van der Waals surface area contributed by atoms with E-state index in [9.17, 15) is 13.2 Å². The van der Waals surface area contributed by atoms with Crippen LogP contribution in [0.15, 0.2) is 36.4 Å². The molecule has 1 aliphatic heterocycles. The number of methoxy groups -OCH3 is 1. The van der Waals surface area contributed by atoms with Gasteiger partial charge in [0, 0.05) is 35.5 Å². The lowest BCUT2D eigenvalue weighted by molar-refractivity contribution is -0.135. The summed E-state index contributed by atoms with van der Waals surface area (Å²) in [5.74, 6) is 0.408. The molecule has 3 rings (SSSR count). The zero-order chi connectivity index (χ0) is 19.4. The molecule has 1 heterocycles. The molecule has 6 nitrogen and oxygen atoms in total. The fourth-order valence-corrected chi connectivity index (χ4v) is 5.26. The van der Waals surface area contributed by atoms with E-state index < -0.39 is 9.84 Å². The largest absolute Gasteiger partial charge is 0.483 e. The Balaban J connectivity index is 1.74. The van der Waals surface area contributed by atoms with Crippen LogP contribution in [0.5, 0.6) is 5.75 Å². The summed E-state index contributed by atoms with van der Waals surface area (Å²) in [5.41, 5.74) is 0. The van der Waals surface area contributed by atoms with E-state index in [2.05, 4.69) is 0 Å². The van der Waals surface area contributed by atoms with Gasteiger partial charge < -0.3 is 14.4 Å². The summed E-state index contributed by atoms with van der Waals surface area (Å²) in [6.07, 6.45) is 0.446. The first-order valence-electron chi connectivity index (χ1n) is 8.70. The van der Waals surface area contributed by atoms with Crippen LogP contribution in [0.1, 0.15) is 6.42 Å². The third-order valence-corrected chi connectivity index (χ3v) is 6.77. The van der Waals surface area contributed by atoms with Crippen LogP contribution in [0.3, 0.4) is 0 Å². The number of ether oxygens (including phenoxy) is 2. The maximum absolute atomic E-state index is 12.7. The average molecular weight is 412 g/mol. The molecule has 0 aromatic heterocycles. The highest BCUT2D eigenvalue weighted by Crippen LogP contribution is 2.31. The lowest BCUT2D eigenvalue weighted by Crippen LogP contribution is -2.45. The van der Waals surface area contributed by atoms with Gasteiger partial charge in [-0.3, -0.25) is 4.79 Å². The highest BCUT2D eigenvalue weighted by Gasteiger charge is 2.34. The molecule has 0 radical (unpaired) electrons. The van der Waals surface area contributed by atoms with Gasteiger partial charge in [-0.2, -0.15) is 0 Å². The summed E-state index contributed by atoms with van der Waals surface area (Å²) in [7, 11) is -1.54. The van der Waals surface area contributed by atoms with E-state index in [0.717, 1.165) is 10.8 Å². The van der Waals surface area contributed by atoms with Crippen LogP contribution in [0.2, 0.25) is 5.02 Å². The van der Waals surface area contributed by atoms with Crippen molar-refractivity contribution in [2.75, 3.05) is 38.4 Å². The van der Waals surface area contributed by atoms with Gasteiger partial charge in [0.1, 0.15) is 5.75 Å². The van der Waals surface area contributed by atoms with Crippen LogP contribution in [-0.4, -0.2) is 63.6 Å². The quantitative estimate of drug-likeness (QED) is 0.700. The molecule has 1 amide bonds. The van der Waals surface area contributed by atoms with E-state index in [1.807, 2.05) is 24.3 Å². The molecule has 0 N–H and O–H groups in total. The lowest BCUT2D eigenvalue weighted by atomic mass is 10.1. The van der Waals surface area contributed by atoms with Crippen LogP contribution in [0.4, 0.5) is 0 Å². The van der Waals surface area contributed by atoms with Gasteiger partial charge in [0.05, 0.1) is 18.1 Å². The number of fused-ring (bicyclic) bond motifs is 1. The average Bonchev–Trinajstić information content (AvgIpc) is 3.01. The van der Waals surface area contributed by atoms with E-state index in [4.69, 9.17) is 21.1 Å². The normalized spacial score (nSPS) is 18.5. The van der Waals surface area contributed by atoms with Crippen molar-refractivity contribution in [2.45, 2.75) is 12.5 Å². The maximum atomic E-state index is 12.7. The van der Waals surface area contributed by atoms with Crippen molar-refractivity contribution in [1.82, 2.24) is 4.90 Å². The molecule has 0 unspecified atom stereocenters. The number of rotatable bonds is 7. The van der Waals surface area contributed by atoms with Gasteiger partial charge >= 0.3 is 0 Å². The van der Waals surface area contributed by atoms with E-state index in [-0.39, 0.29) is 30.1 Å². The Hall–Kier alpha value is -1.83. The first kappa shape index (κ1) is 19.9. The number of carbonyl (C=O) groups is 1. The second kappa shape index (κ2) is 8.46. The summed E-state index contributed by atoms with van der Waals surface area (Å²) >= 11 is 6.21. The predicted octanol–water partition coefficient (Wildman–Crippen LogP) is 2.53. The SMILES string of the molecule is COCCN(C(=O)COc1ccc(Cl)c2ccccc12)[C@@H]1CCS(=O)(=O)C1. The number of halogens is 1. The minimum Gasteiger partial charge on any atom is -0.483 e. The number of carbonyl (C=O) groups excluding carboxylic acids is 1. The molecule has 1 aliphatic rings. The standard InChI is InChI=1S/C19H22ClNO5S/c1-25-10-9-21(14-8-11-27(23,24)13-14)19(22)12-26-18-7-6-17(20)15-4-2-3-5-16(15)18/h2-7,14H,8-13H2,1H3/t14-/m1/s1. The molecule has 1 saturated heterocycles. The van der Waals surface area contributed by atoms with Gasteiger partial charge in [0.2, 0.25) is 0 Å². The molecule has 27 heavy (non-hydrogen) atoms. The summed E-state index contributed by atoms with van der Waals surface area (Å²) in [6.45, 7) is 0.498. The van der Waals surface area contributed by atoms with Crippen molar-refractivity contribution in [2.24, 2.45) is 0 Å². The summed E-state index contributed by atoms with van der Waals surface area (Å²) < 4.78 is 34.4. The first-order chi connectivity index (χ1) is 12.9. The minimum absolute atomic E-state index is 0.00761. The van der Waals surface area contributed by atoms with Gasteiger partial charge in [-0.1, -0.05) is 35.9 Å². The Labute approximate surface area is 163 Å². The Morgan fingerprint density at radius 3 is 2.63 bits per heavy atom. The third-order valence-electron chi connectivity index (χ3n) is 4.69. The van der Waals surface area contributed by atoms with Crippen molar-refractivity contribution in [3.8, 4) is 5.75 Å². The number of benzene rings is 2. The molecule has 0 aliphatic carbocycles. The second-order valence-corrected chi connectivity index (χ2v) is 9.15. The van der Waals surface area contributed by atoms with Crippen LogP contribution in [0, 0.1) is 0 Å². The van der Waals surface area contributed by atoms with Crippen LogP contribution >= 0.6 is 11.6 Å². The molecule has 2 aromatic rings. The fourth-order valence-electron chi connectivity index (χ4n) is 3.30. The van der Waals surface area contributed by atoms with E-state index in [1.165, 1.54) is 0 Å². The van der Waals surface area contributed by atoms with Crippen LogP contribution < -0.4 is 4.74 Å². The van der Waals surface area contributed by atoms with E-state index in [1.54, 1.807) is 24.1 Å². The van der Waals surface area contributed by atoms with Gasteiger partial charge in [-0.25, -0.2) is 8.42 Å². The van der Waals surface area contributed by atoms with Gasteiger partial charge in [-0.15, -0.1) is 0 Å². The van der Waals surface area contributed by atoms with Crippen molar-refractivity contribution in [3.63, 3.8) is 0 Å². The molecule has 1 fully saturated rings. The zero-order valence-electron chi connectivity index (χ0n) is 15.1. The summed E-state index contributed by atoms with van der Waals surface area (Å²) in [4.78, 5) is 14.3. The minimum atomic E-state index is -3.09. The number of hydrogen-bond acceptors (Lipinski definition) is 5.